The van der Waals surface area contributed by atoms with Gasteiger partial charge in [-0.3, -0.25) is 9.58 Å². The average Bonchev–Trinajstić information content (AvgIpc) is 2.75. The summed E-state index contributed by atoms with van der Waals surface area (Å²) in [6.07, 6.45) is 8.20. The minimum Gasteiger partial charge on any atom is -0.328 e. The summed E-state index contributed by atoms with van der Waals surface area (Å²) in [5.74, 6) is 0. The first-order valence-electron chi connectivity index (χ1n) is 8.04. The van der Waals surface area contributed by atoms with E-state index in [0.29, 0.717) is 18.1 Å². The van der Waals surface area contributed by atoms with Crippen molar-refractivity contribution in [1.29, 1.82) is 0 Å². The van der Waals surface area contributed by atoms with Gasteiger partial charge >= 0.3 is 0 Å². The highest BCUT2D eigenvalue weighted by Gasteiger charge is 2.28. The highest BCUT2D eigenvalue weighted by Crippen LogP contribution is 2.31. The van der Waals surface area contributed by atoms with Crippen LogP contribution in [0.2, 0.25) is 0 Å². The van der Waals surface area contributed by atoms with Crippen molar-refractivity contribution in [3.63, 3.8) is 0 Å². The highest BCUT2D eigenvalue weighted by molar-refractivity contribution is 5.19. The molecule has 1 fully saturated rings. The average molecular weight is 278 g/mol. The molecule has 0 spiro atoms. The van der Waals surface area contributed by atoms with E-state index in [2.05, 4.69) is 37.0 Å². The van der Waals surface area contributed by atoms with E-state index in [1.54, 1.807) is 0 Å². The Morgan fingerprint density at radius 3 is 2.55 bits per heavy atom. The van der Waals surface area contributed by atoms with Gasteiger partial charge in [0.05, 0.1) is 5.69 Å². The van der Waals surface area contributed by atoms with E-state index in [1.807, 2.05) is 11.7 Å². The summed E-state index contributed by atoms with van der Waals surface area (Å²) in [6, 6.07) is 1.55. The minimum absolute atomic E-state index is 0.421. The van der Waals surface area contributed by atoms with Crippen LogP contribution in [0.25, 0.3) is 0 Å². The molecule has 4 heteroatoms. The minimum atomic E-state index is 0.421. The molecule has 20 heavy (non-hydrogen) atoms. The molecule has 2 rings (SSSR count). The molecule has 0 aromatic carbocycles. The van der Waals surface area contributed by atoms with Gasteiger partial charge in [-0.05, 0) is 52.5 Å². The molecule has 1 aliphatic rings. The molecule has 4 nitrogen and oxygen atoms in total. The fraction of sp³-hybridized carbons (Fsp3) is 0.812. The number of rotatable bonds is 5. The largest absolute Gasteiger partial charge is 0.328 e. The molecule has 1 saturated carbocycles. The monoisotopic (exact) mass is 278 g/mol. The molecule has 1 unspecified atom stereocenters. The zero-order valence-corrected chi connectivity index (χ0v) is 13.5. The Labute approximate surface area is 123 Å². The second kappa shape index (κ2) is 6.72. The summed E-state index contributed by atoms with van der Waals surface area (Å²) in [7, 11) is 2.01. The molecule has 2 N–H and O–H groups in total. The van der Waals surface area contributed by atoms with Crippen molar-refractivity contribution in [2.24, 2.45) is 12.8 Å². The lowest BCUT2D eigenvalue weighted by molar-refractivity contribution is 0.107. The number of aryl methyl sites for hydroxylation is 2. The second-order valence-electron chi connectivity index (χ2n) is 6.33. The summed E-state index contributed by atoms with van der Waals surface area (Å²) in [6.45, 7) is 7.88. The maximum Gasteiger partial charge on any atom is 0.0641 e. The Bertz CT molecular complexity index is 418. The quantitative estimate of drug-likeness (QED) is 0.901. The van der Waals surface area contributed by atoms with Gasteiger partial charge in [0, 0.05) is 36.9 Å². The van der Waals surface area contributed by atoms with Crippen LogP contribution in [0.3, 0.4) is 0 Å². The normalized spacial score (nSPS) is 25.1. The zero-order chi connectivity index (χ0) is 14.7. The predicted molar refractivity (Wildman–Crippen MR) is 83.6 cm³/mol. The zero-order valence-electron chi connectivity index (χ0n) is 13.5. The number of aromatic nitrogens is 2. The molecular weight excluding hydrogens is 248 g/mol. The molecular formula is C16H30N4. The van der Waals surface area contributed by atoms with Gasteiger partial charge < -0.3 is 5.73 Å². The van der Waals surface area contributed by atoms with Crippen LogP contribution in [0.4, 0.5) is 0 Å². The molecule has 1 aromatic rings. The maximum atomic E-state index is 6.05. The number of hydrogen-bond donors (Lipinski definition) is 1. The topological polar surface area (TPSA) is 47.1 Å². The number of nitrogens with two attached hydrogens (primary N) is 1. The van der Waals surface area contributed by atoms with Crippen molar-refractivity contribution in [2.75, 3.05) is 6.54 Å². The van der Waals surface area contributed by atoms with Gasteiger partial charge in [-0.25, -0.2) is 0 Å². The number of hydrogen-bond acceptors (Lipinski definition) is 3. The Balaban J connectivity index is 2.13. The van der Waals surface area contributed by atoms with Crippen molar-refractivity contribution in [3.8, 4) is 0 Å². The van der Waals surface area contributed by atoms with Crippen molar-refractivity contribution in [1.82, 2.24) is 14.7 Å². The van der Waals surface area contributed by atoms with Gasteiger partial charge in [-0.15, -0.1) is 0 Å². The van der Waals surface area contributed by atoms with Crippen LogP contribution < -0.4 is 5.73 Å². The fourth-order valence-electron chi connectivity index (χ4n) is 3.59. The van der Waals surface area contributed by atoms with Crippen LogP contribution >= 0.6 is 0 Å². The van der Waals surface area contributed by atoms with Crippen molar-refractivity contribution < 1.29 is 0 Å². The number of nitrogens with zero attached hydrogens (tertiary/aromatic N) is 3. The smallest absolute Gasteiger partial charge is 0.0641 e. The third-order valence-electron chi connectivity index (χ3n) is 4.69. The first-order chi connectivity index (χ1) is 9.52. The Hall–Kier alpha value is -0.870. The van der Waals surface area contributed by atoms with Gasteiger partial charge in [0.15, 0.2) is 0 Å². The second-order valence-corrected chi connectivity index (χ2v) is 6.33. The molecule has 1 aliphatic carbocycles. The summed E-state index contributed by atoms with van der Waals surface area (Å²) in [5, 5.41) is 4.50. The van der Waals surface area contributed by atoms with E-state index in [-0.39, 0.29) is 0 Å². The van der Waals surface area contributed by atoms with Crippen LogP contribution in [0.5, 0.6) is 0 Å². The van der Waals surface area contributed by atoms with E-state index in [1.165, 1.54) is 37.7 Å². The van der Waals surface area contributed by atoms with Crippen LogP contribution in [0.15, 0.2) is 6.20 Å². The summed E-state index contributed by atoms with van der Waals surface area (Å²) in [4.78, 5) is 2.68. The van der Waals surface area contributed by atoms with Crippen molar-refractivity contribution in [2.45, 2.75) is 71.0 Å². The molecule has 1 atom stereocenters. The summed E-state index contributed by atoms with van der Waals surface area (Å²) < 4.78 is 1.93. The van der Waals surface area contributed by atoms with Gasteiger partial charge in [-0.1, -0.05) is 6.92 Å². The molecule has 1 heterocycles. The highest BCUT2D eigenvalue weighted by atomic mass is 15.3. The fourth-order valence-corrected chi connectivity index (χ4v) is 3.59. The van der Waals surface area contributed by atoms with E-state index in [0.717, 1.165) is 12.2 Å². The van der Waals surface area contributed by atoms with E-state index >= 15 is 0 Å². The lowest BCUT2D eigenvalue weighted by Crippen LogP contribution is -2.42. The third-order valence-corrected chi connectivity index (χ3v) is 4.69. The molecule has 0 aliphatic heterocycles. The predicted octanol–water partition coefficient (Wildman–Crippen LogP) is 2.77. The Kier molecular flexibility index (Phi) is 5.22. The van der Waals surface area contributed by atoms with Gasteiger partial charge in [0.1, 0.15) is 0 Å². The van der Waals surface area contributed by atoms with Crippen molar-refractivity contribution >= 4 is 0 Å². The lowest BCUT2D eigenvalue weighted by atomic mass is 9.89. The molecule has 114 valence electrons. The van der Waals surface area contributed by atoms with Crippen LogP contribution in [0, 0.1) is 6.92 Å². The standard InChI is InChI=1S/C16H30N4/c1-5-10-20(15-8-6-14(17)7-9-15)13(3)16-11-19(4)18-12(16)2/h11,13-15H,5-10,17H2,1-4H3. The van der Waals surface area contributed by atoms with Crippen molar-refractivity contribution in [3.05, 3.63) is 17.5 Å². The molecule has 0 saturated heterocycles. The van der Waals surface area contributed by atoms with E-state index < -0.39 is 0 Å². The van der Waals surface area contributed by atoms with Gasteiger partial charge in [0.25, 0.3) is 0 Å². The van der Waals surface area contributed by atoms with Crippen LogP contribution in [-0.4, -0.2) is 33.3 Å². The van der Waals surface area contributed by atoms with E-state index in [9.17, 15) is 0 Å². The van der Waals surface area contributed by atoms with Gasteiger partial charge in [-0.2, -0.15) is 5.10 Å². The summed E-state index contributed by atoms with van der Waals surface area (Å²) >= 11 is 0. The van der Waals surface area contributed by atoms with Gasteiger partial charge in [0.2, 0.25) is 0 Å². The molecule has 0 amide bonds. The Morgan fingerprint density at radius 2 is 2.05 bits per heavy atom. The lowest BCUT2D eigenvalue weighted by Gasteiger charge is -2.39. The Morgan fingerprint density at radius 1 is 1.40 bits per heavy atom. The summed E-state index contributed by atoms with van der Waals surface area (Å²) in [5.41, 5.74) is 8.59. The maximum absolute atomic E-state index is 6.05. The first kappa shape index (κ1) is 15.5. The molecule has 1 aromatic heterocycles. The third kappa shape index (κ3) is 3.41. The van der Waals surface area contributed by atoms with Crippen LogP contribution in [0.1, 0.15) is 63.3 Å². The van der Waals surface area contributed by atoms with Crippen LogP contribution in [-0.2, 0) is 7.05 Å². The first-order valence-corrected chi connectivity index (χ1v) is 8.04. The molecule has 0 radical (unpaired) electrons. The SMILES string of the molecule is CCCN(C1CCC(N)CC1)C(C)c1cn(C)nc1C. The molecule has 0 bridgehead atoms. The van der Waals surface area contributed by atoms with E-state index in [4.69, 9.17) is 5.73 Å².